The molecular formula is C16H21NO3. The smallest absolute Gasteiger partial charge is 0.307 e. The molecule has 0 bridgehead atoms. The summed E-state index contributed by atoms with van der Waals surface area (Å²) in [4.78, 5) is 11.1. The van der Waals surface area contributed by atoms with Gasteiger partial charge in [0.1, 0.15) is 5.75 Å². The van der Waals surface area contributed by atoms with E-state index in [4.69, 9.17) is 9.84 Å². The Hall–Kier alpha value is -1.55. The molecule has 108 valence electrons. The minimum Gasteiger partial charge on any atom is -0.493 e. The predicted octanol–water partition coefficient (Wildman–Crippen LogP) is 2.52. The number of aliphatic carboxylic acids is 1. The molecule has 20 heavy (non-hydrogen) atoms. The van der Waals surface area contributed by atoms with Crippen molar-refractivity contribution in [2.45, 2.75) is 32.2 Å². The van der Waals surface area contributed by atoms with Gasteiger partial charge >= 0.3 is 5.97 Å². The van der Waals surface area contributed by atoms with E-state index in [0.717, 1.165) is 17.9 Å². The fourth-order valence-corrected chi connectivity index (χ4v) is 2.72. The van der Waals surface area contributed by atoms with E-state index in [2.05, 4.69) is 24.4 Å². The summed E-state index contributed by atoms with van der Waals surface area (Å²) >= 11 is 0. The molecule has 1 aromatic rings. The van der Waals surface area contributed by atoms with Crippen molar-refractivity contribution in [2.24, 2.45) is 11.8 Å². The van der Waals surface area contributed by atoms with Crippen LogP contribution in [-0.2, 0) is 4.79 Å². The Kier molecular flexibility index (Phi) is 3.66. The first-order valence-corrected chi connectivity index (χ1v) is 7.33. The summed E-state index contributed by atoms with van der Waals surface area (Å²) in [6.45, 7) is 3.37. The summed E-state index contributed by atoms with van der Waals surface area (Å²) in [6.07, 6.45) is 3.17. The summed E-state index contributed by atoms with van der Waals surface area (Å²) in [7, 11) is 0. The highest BCUT2D eigenvalue weighted by Crippen LogP contribution is 2.36. The maximum Gasteiger partial charge on any atom is 0.307 e. The van der Waals surface area contributed by atoms with E-state index in [-0.39, 0.29) is 12.0 Å². The van der Waals surface area contributed by atoms with Crippen LogP contribution in [0, 0.1) is 18.8 Å². The Labute approximate surface area is 119 Å². The lowest BCUT2D eigenvalue weighted by molar-refractivity contribution is -0.141. The van der Waals surface area contributed by atoms with Crippen LogP contribution in [0.25, 0.3) is 0 Å². The van der Waals surface area contributed by atoms with E-state index in [1.807, 2.05) is 6.07 Å². The van der Waals surface area contributed by atoms with Crippen molar-refractivity contribution in [3.63, 3.8) is 0 Å². The lowest BCUT2D eigenvalue weighted by atomic mass is 9.98. The van der Waals surface area contributed by atoms with E-state index in [1.165, 1.54) is 18.4 Å². The number of hydrogen-bond acceptors (Lipinski definition) is 3. The van der Waals surface area contributed by atoms with Crippen molar-refractivity contribution in [1.29, 1.82) is 0 Å². The highest BCUT2D eigenvalue weighted by Gasteiger charge is 2.32. The molecule has 1 saturated heterocycles. The van der Waals surface area contributed by atoms with Crippen LogP contribution in [-0.4, -0.2) is 24.2 Å². The van der Waals surface area contributed by atoms with Crippen molar-refractivity contribution < 1.29 is 14.6 Å². The van der Waals surface area contributed by atoms with Crippen LogP contribution in [0.1, 0.15) is 36.4 Å². The van der Waals surface area contributed by atoms with E-state index in [9.17, 15) is 4.79 Å². The van der Waals surface area contributed by atoms with Gasteiger partial charge in [0.2, 0.25) is 0 Å². The fraction of sp³-hybridized carbons (Fsp3) is 0.562. The summed E-state index contributed by atoms with van der Waals surface area (Å²) in [5, 5.41) is 12.4. The average Bonchev–Trinajstić information content (AvgIpc) is 3.11. The number of ether oxygens (including phenoxy) is 1. The largest absolute Gasteiger partial charge is 0.493 e. The van der Waals surface area contributed by atoms with E-state index >= 15 is 0 Å². The molecule has 2 unspecified atom stereocenters. The first kappa shape index (κ1) is 13.4. The molecule has 2 N–H and O–H groups in total. The second-order valence-electron chi connectivity index (χ2n) is 6.03. The number of nitrogens with one attached hydrogen (secondary N) is 1. The maximum atomic E-state index is 11.1. The van der Waals surface area contributed by atoms with E-state index in [0.29, 0.717) is 18.9 Å². The number of benzene rings is 1. The molecule has 1 saturated carbocycles. The third kappa shape index (κ3) is 2.96. The van der Waals surface area contributed by atoms with Gasteiger partial charge in [-0.2, -0.15) is 0 Å². The summed E-state index contributed by atoms with van der Waals surface area (Å²) < 4.78 is 5.94. The quantitative estimate of drug-likeness (QED) is 0.867. The minimum absolute atomic E-state index is 0.0882. The number of rotatable bonds is 5. The van der Waals surface area contributed by atoms with Gasteiger partial charge in [0.15, 0.2) is 0 Å². The van der Waals surface area contributed by atoms with Crippen molar-refractivity contribution in [2.75, 3.05) is 13.2 Å². The minimum atomic E-state index is -0.715. The lowest BCUT2D eigenvalue weighted by Gasteiger charge is -2.17. The van der Waals surface area contributed by atoms with Crippen molar-refractivity contribution in [3.8, 4) is 5.75 Å². The molecule has 3 rings (SSSR count). The third-order valence-corrected chi connectivity index (χ3v) is 4.19. The molecule has 0 aromatic heterocycles. The molecule has 1 aliphatic heterocycles. The maximum absolute atomic E-state index is 11.1. The van der Waals surface area contributed by atoms with Gasteiger partial charge in [-0.3, -0.25) is 4.79 Å². The first-order chi connectivity index (χ1) is 9.63. The van der Waals surface area contributed by atoms with Gasteiger partial charge in [-0.05, 0) is 38.2 Å². The molecule has 0 spiro atoms. The van der Waals surface area contributed by atoms with Crippen LogP contribution in [0.15, 0.2) is 18.2 Å². The number of carbonyl (C=O) groups is 1. The van der Waals surface area contributed by atoms with Gasteiger partial charge in [-0.25, -0.2) is 0 Å². The molecule has 2 fully saturated rings. The molecule has 4 heteroatoms. The molecular weight excluding hydrogens is 254 g/mol. The van der Waals surface area contributed by atoms with Gasteiger partial charge < -0.3 is 15.2 Å². The van der Waals surface area contributed by atoms with Crippen LogP contribution in [0.3, 0.4) is 0 Å². The second kappa shape index (κ2) is 5.44. The van der Waals surface area contributed by atoms with Crippen molar-refractivity contribution >= 4 is 5.97 Å². The fourth-order valence-electron chi connectivity index (χ4n) is 2.72. The zero-order valence-corrected chi connectivity index (χ0v) is 11.8. The Balaban J connectivity index is 1.76. The highest BCUT2D eigenvalue weighted by atomic mass is 16.5. The van der Waals surface area contributed by atoms with Gasteiger partial charge in [0.05, 0.1) is 12.5 Å². The number of hydrogen-bond donors (Lipinski definition) is 2. The van der Waals surface area contributed by atoms with Crippen molar-refractivity contribution in [1.82, 2.24) is 5.32 Å². The molecule has 1 aliphatic carbocycles. The van der Waals surface area contributed by atoms with Crippen LogP contribution in [0.2, 0.25) is 0 Å². The Bertz CT molecular complexity index is 510. The number of aryl methyl sites for hydroxylation is 1. The number of carboxylic acid groups (broad SMARTS) is 1. The van der Waals surface area contributed by atoms with Crippen LogP contribution in [0.4, 0.5) is 0 Å². The SMILES string of the molecule is Cc1ccc(OCC2CC2)c(C2CC(C(=O)O)CN2)c1. The molecule has 1 aromatic carbocycles. The van der Waals surface area contributed by atoms with Gasteiger partial charge in [0, 0.05) is 18.2 Å². The topological polar surface area (TPSA) is 58.6 Å². The van der Waals surface area contributed by atoms with Gasteiger partial charge in [-0.15, -0.1) is 0 Å². The number of carboxylic acids is 1. The standard InChI is InChI=1S/C16H21NO3/c1-10-2-5-15(20-9-11-3-4-11)13(6-10)14-7-12(8-17-14)16(18)19/h2,5-6,11-12,14,17H,3-4,7-9H2,1H3,(H,18,19). The normalized spacial score (nSPS) is 25.6. The molecule has 0 amide bonds. The van der Waals surface area contributed by atoms with Gasteiger partial charge in [0.25, 0.3) is 0 Å². The Morgan fingerprint density at radius 1 is 1.45 bits per heavy atom. The Morgan fingerprint density at radius 3 is 2.90 bits per heavy atom. The lowest BCUT2D eigenvalue weighted by Crippen LogP contribution is -2.17. The first-order valence-electron chi connectivity index (χ1n) is 7.33. The molecule has 2 atom stereocenters. The summed E-state index contributed by atoms with van der Waals surface area (Å²) in [6, 6.07) is 6.27. The summed E-state index contributed by atoms with van der Waals surface area (Å²) in [5.74, 6) is 0.614. The van der Waals surface area contributed by atoms with E-state index < -0.39 is 5.97 Å². The third-order valence-electron chi connectivity index (χ3n) is 4.19. The van der Waals surface area contributed by atoms with Crippen LogP contribution < -0.4 is 10.1 Å². The zero-order valence-electron chi connectivity index (χ0n) is 11.8. The average molecular weight is 275 g/mol. The second-order valence-corrected chi connectivity index (χ2v) is 6.03. The predicted molar refractivity (Wildman–Crippen MR) is 75.9 cm³/mol. The monoisotopic (exact) mass is 275 g/mol. The summed E-state index contributed by atoms with van der Waals surface area (Å²) in [5.41, 5.74) is 2.29. The zero-order chi connectivity index (χ0) is 14.1. The highest BCUT2D eigenvalue weighted by molar-refractivity contribution is 5.71. The van der Waals surface area contributed by atoms with Gasteiger partial charge in [-0.1, -0.05) is 17.7 Å². The molecule has 2 aliphatic rings. The Morgan fingerprint density at radius 2 is 2.25 bits per heavy atom. The van der Waals surface area contributed by atoms with E-state index in [1.54, 1.807) is 0 Å². The van der Waals surface area contributed by atoms with Crippen LogP contribution >= 0.6 is 0 Å². The van der Waals surface area contributed by atoms with Crippen LogP contribution in [0.5, 0.6) is 5.75 Å². The molecule has 0 radical (unpaired) electrons. The van der Waals surface area contributed by atoms with Crippen molar-refractivity contribution in [3.05, 3.63) is 29.3 Å². The molecule has 4 nitrogen and oxygen atoms in total. The molecule has 1 heterocycles.